The van der Waals surface area contributed by atoms with E-state index in [9.17, 15) is 14.4 Å². The second kappa shape index (κ2) is 6.00. The van der Waals surface area contributed by atoms with Crippen LogP contribution in [0.3, 0.4) is 0 Å². The van der Waals surface area contributed by atoms with Crippen molar-refractivity contribution in [3.05, 3.63) is 29.3 Å². The minimum atomic E-state index is -0.536. The Morgan fingerprint density at radius 1 is 1.41 bits per heavy atom. The largest absolute Gasteiger partial charge is 0.343 e. The highest BCUT2D eigenvalue weighted by Crippen LogP contribution is 2.24. The molecule has 2 N–H and O–H groups in total. The van der Waals surface area contributed by atoms with Crippen LogP contribution >= 0.6 is 11.8 Å². The fourth-order valence-corrected chi connectivity index (χ4v) is 3.54. The van der Waals surface area contributed by atoms with Gasteiger partial charge in [-0.1, -0.05) is 6.07 Å². The molecule has 116 valence electrons. The van der Waals surface area contributed by atoms with Crippen molar-refractivity contribution in [2.45, 2.75) is 19.0 Å². The number of amides is 3. The Kier molecular flexibility index (Phi) is 4.06. The van der Waals surface area contributed by atoms with E-state index in [0.29, 0.717) is 30.0 Å². The number of fused-ring (bicyclic) bond motifs is 1. The lowest BCUT2D eigenvalue weighted by Gasteiger charge is -2.15. The minimum Gasteiger partial charge on any atom is -0.343 e. The summed E-state index contributed by atoms with van der Waals surface area (Å²) in [5.74, 6) is 0.904. The average molecular weight is 319 g/mol. The molecule has 0 spiro atoms. The second-order valence-electron chi connectivity index (χ2n) is 5.47. The molecular weight excluding hydrogens is 302 g/mol. The van der Waals surface area contributed by atoms with Crippen molar-refractivity contribution in [1.29, 1.82) is 0 Å². The first-order chi connectivity index (χ1) is 10.5. The van der Waals surface area contributed by atoms with Crippen LogP contribution in [0, 0.1) is 0 Å². The normalized spacial score (nSPS) is 21.1. The van der Waals surface area contributed by atoms with Crippen LogP contribution in [0.25, 0.3) is 0 Å². The molecule has 7 heteroatoms. The van der Waals surface area contributed by atoms with Crippen LogP contribution in [0.4, 0.5) is 5.69 Å². The summed E-state index contributed by atoms with van der Waals surface area (Å²) in [7, 11) is 1.75. The van der Waals surface area contributed by atoms with Crippen molar-refractivity contribution in [2.24, 2.45) is 0 Å². The first-order valence-electron chi connectivity index (χ1n) is 7.11. The molecule has 22 heavy (non-hydrogen) atoms. The SMILES string of the molecule is CN1Cc2ccc(NC(=O)C3CSCCC(=O)N3)cc2C1=O. The first-order valence-corrected chi connectivity index (χ1v) is 8.26. The number of thioether (sulfide) groups is 1. The van der Waals surface area contributed by atoms with Gasteiger partial charge in [-0.2, -0.15) is 11.8 Å². The molecule has 1 fully saturated rings. The summed E-state index contributed by atoms with van der Waals surface area (Å²) in [5.41, 5.74) is 2.17. The highest BCUT2D eigenvalue weighted by atomic mass is 32.2. The zero-order valence-corrected chi connectivity index (χ0v) is 13.0. The molecule has 2 aliphatic heterocycles. The zero-order valence-electron chi connectivity index (χ0n) is 12.2. The third-order valence-electron chi connectivity index (χ3n) is 3.77. The lowest BCUT2D eigenvalue weighted by Crippen LogP contribution is -2.44. The molecule has 3 amide bonds. The molecule has 0 aliphatic carbocycles. The molecule has 1 aromatic carbocycles. The van der Waals surface area contributed by atoms with Crippen molar-refractivity contribution < 1.29 is 14.4 Å². The van der Waals surface area contributed by atoms with E-state index in [-0.39, 0.29) is 17.7 Å². The summed E-state index contributed by atoms with van der Waals surface area (Å²) >= 11 is 1.58. The number of hydrogen-bond donors (Lipinski definition) is 2. The quantitative estimate of drug-likeness (QED) is 0.846. The highest BCUT2D eigenvalue weighted by Gasteiger charge is 2.26. The third-order valence-corrected chi connectivity index (χ3v) is 4.83. The lowest BCUT2D eigenvalue weighted by molar-refractivity contribution is -0.125. The smallest absolute Gasteiger partial charge is 0.254 e. The van der Waals surface area contributed by atoms with Crippen LogP contribution in [-0.4, -0.2) is 47.2 Å². The van der Waals surface area contributed by atoms with Crippen molar-refractivity contribution >= 4 is 35.2 Å². The van der Waals surface area contributed by atoms with Crippen molar-refractivity contribution in [3.63, 3.8) is 0 Å². The zero-order chi connectivity index (χ0) is 15.7. The van der Waals surface area contributed by atoms with Gasteiger partial charge < -0.3 is 15.5 Å². The van der Waals surface area contributed by atoms with Gasteiger partial charge >= 0.3 is 0 Å². The lowest BCUT2D eigenvalue weighted by atomic mass is 10.1. The first kappa shape index (κ1) is 14.9. The Hall–Kier alpha value is -2.02. The van der Waals surface area contributed by atoms with Gasteiger partial charge in [-0.3, -0.25) is 14.4 Å². The van der Waals surface area contributed by atoms with Gasteiger partial charge in [0.2, 0.25) is 11.8 Å². The summed E-state index contributed by atoms with van der Waals surface area (Å²) in [5, 5.41) is 5.51. The standard InChI is InChI=1S/C15H17N3O3S/c1-18-7-9-2-3-10(6-11(9)15(18)21)16-14(20)12-8-22-5-4-13(19)17-12/h2-3,6,12H,4-5,7-8H2,1H3,(H,16,20)(H,17,19). The molecule has 0 saturated carbocycles. The maximum Gasteiger partial charge on any atom is 0.254 e. The summed E-state index contributed by atoms with van der Waals surface area (Å²) < 4.78 is 0. The summed E-state index contributed by atoms with van der Waals surface area (Å²) in [6.07, 6.45) is 0.439. The third kappa shape index (κ3) is 2.94. The molecule has 0 bridgehead atoms. The molecule has 0 radical (unpaired) electrons. The fourth-order valence-electron chi connectivity index (χ4n) is 2.57. The van der Waals surface area contributed by atoms with E-state index < -0.39 is 6.04 Å². The molecular formula is C15H17N3O3S. The van der Waals surface area contributed by atoms with Gasteiger partial charge in [0.15, 0.2) is 0 Å². The van der Waals surface area contributed by atoms with Gasteiger partial charge in [0, 0.05) is 42.8 Å². The van der Waals surface area contributed by atoms with Crippen LogP contribution in [0.1, 0.15) is 22.3 Å². The molecule has 2 aliphatic rings. The van der Waals surface area contributed by atoms with Crippen LogP contribution in [0.5, 0.6) is 0 Å². The Morgan fingerprint density at radius 3 is 3.05 bits per heavy atom. The van der Waals surface area contributed by atoms with Crippen LogP contribution in [-0.2, 0) is 16.1 Å². The molecule has 2 heterocycles. The number of hydrogen-bond acceptors (Lipinski definition) is 4. The van der Waals surface area contributed by atoms with E-state index >= 15 is 0 Å². The van der Waals surface area contributed by atoms with Gasteiger partial charge in [0.05, 0.1) is 0 Å². The van der Waals surface area contributed by atoms with E-state index in [2.05, 4.69) is 10.6 Å². The fraction of sp³-hybridized carbons (Fsp3) is 0.400. The molecule has 1 saturated heterocycles. The Labute approximate surface area is 132 Å². The maximum atomic E-state index is 12.3. The molecule has 6 nitrogen and oxygen atoms in total. The van der Waals surface area contributed by atoms with Crippen LogP contribution in [0.15, 0.2) is 18.2 Å². The minimum absolute atomic E-state index is 0.0376. The summed E-state index contributed by atoms with van der Waals surface area (Å²) in [6, 6.07) is 4.80. The number of nitrogens with zero attached hydrogens (tertiary/aromatic N) is 1. The van der Waals surface area contributed by atoms with Gasteiger partial charge in [-0.05, 0) is 17.7 Å². The van der Waals surface area contributed by atoms with Gasteiger partial charge in [0.25, 0.3) is 5.91 Å². The monoisotopic (exact) mass is 319 g/mol. The topological polar surface area (TPSA) is 78.5 Å². The predicted molar refractivity (Wildman–Crippen MR) is 84.7 cm³/mol. The Balaban J connectivity index is 1.72. The van der Waals surface area contributed by atoms with Crippen molar-refractivity contribution in [1.82, 2.24) is 10.2 Å². The molecule has 1 aromatic rings. The van der Waals surface area contributed by atoms with Gasteiger partial charge in [-0.15, -0.1) is 0 Å². The summed E-state index contributed by atoms with van der Waals surface area (Å²) in [6.45, 7) is 0.595. The Morgan fingerprint density at radius 2 is 2.23 bits per heavy atom. The van der Waals surface area contributed by atoms with Crippen molar-refractivity contribution in [2.75, 3.05) is 23.9 Å². The van der Waals surface area contributed by atoms with E-state index in [1.54, 1.807) is 35.8 Å². The second-order valence-corrected chi connectivity index (χ2v) is 6.62. The average Bonchev–Trinajstić information content (AvgIpc) is 2.66. The molecule has 1 unspecified atom stereocenters. The number of rotatable bonds is 2. The van der Waals surface area contributed by atoms with E-state index in [4.69, 9.17) is 0 Å². The van der Waals surface area contributed by atoms with Crippen LogP contribution in [0.2, 0.25) is 0 Å². The molecule has 0 aromatic heterocycles. The van der Waals surface area contributed by atoms with Crippen molar-refractivity contribution in [3.8, 4) is 0 Å². The van der Waals surface area contributed by atoms with E-state index in [1.807, 2.05) is 6.07 Å². The van der Waals surface area contributed by atoms with E-state index in [0.717, 1.165) is 11.3 Å². The number of benzene rings is 1. The highest BCUT2D eigenvalue weighted by molar-refractivity contribution is 7.99. The number of carbonyl (C=O) groups is 3. The van der Waals surface area contributed by atoms with Gasteiger partial charge in [0.1, 0.15) is 6.04 Å². The number of nitrogens with one attached hydrogen (secondary N) is 2. The number of anilines is 1. The maximum absolute atomic E-state index is 12.3. The van der Waals surface area contributed by atoms with E-state index in [1.165, 1.54) is 0 Å². The Bertz CT molecular complexity index is 647. The summed E-state index contributed by atoms with van der Waals surface area (Å²) in [4.78, 5) is 37.4. The number of carbonyl (C=O) groups excluding carboxylic acids is 3. The van der Waals surface area contributed by atoms with Crippen LogP contribution < -0.4 is 10.6 Å². The molecule has 3 rings (SSSR count). The van der Waals surface area contributed by atoms with Gasteiger partial charge in [-0.25, -0.2) is 0 Å². The molecule has 1 atom stereocenters. The predicted octanol–water partition coefficient (Wildman–Crippen LogP) is 0.832.